The van der Waals surface area contributed by atoms with Gasteiger partial charge in [0, 0.05) is 6.07 Å². The van der Waals surface area contributed by atoms with Gasteiger partial charge in [-0.3, -0.25) is 0 Å². The zero-order valence-electron chi connectivity index (χ0n) is 10.9. The third-order valence-electron chi connectivity index (χ3n) is 2.55. The average molecular weight is 237 g/mol. The minimum atomic E-state index is 0.597. The van der Waals surface area contributed by atoms with Crippen LogP contribution in [0.1, 0.15) is 32.6 Å². The van der Waals surface area contributed by atoms with E-state index in [0.29, 0.717) is 23.9 Å². The number of ether oxygens (including phenoxy) is 3. The zero-order chi connectivity index (χ0) is 12.5. The third-order valence-corrected chi connectivity index (χ3v) is 2.55. The van der Waals surface area contributed by atoms with E-state index in [0.717, 1.165) is 6.42 Å². The van der Waals surface area contributed by atoms with Gasteiger partial charge >= 0.3 is 0 Å². The summed E-state index contributed by atoms with van der Waals surface area (Å²) in [7, 11) is 3.23. The van der Waals surface area contributed by atoms with Crippen LogP contribution in [0.15, 0.2) is 12.1 Å². The van der Waals surface area contributed by atoms with Crippen LogP contribution in [-0.4, -0.2) is 20.8 Å². The zero-order valence-corrected chi connectivity index (χ0v) is 10.9. The number of rotatable bonds is 8. The molecular formula is C14H21O3. The van der Waals surface area contributed by atoms with Crippen molar-refractivity contribution in [1.29, 1.82) is 0 Å². The molecule has 0 aliphatic carbocycles. The Balaban J connectivity index is 2.55. The van der Waals surface area contributed by atoms with Gasteiger partial charge in [0.05, 0.1) is 20.8 Å². The fourth-order valence-corrected chi connectivity index (χ4v) is 1.60. The topological polar surface area (TPSA) is 27.7 Å². The molecular weight excluding hydrogens is 216 g/mol. The summed E-state index contributed by atoms with van der Waals surface area (Å²) < 4.78 is 16.2. The van der Waals surface area contributed by atoms with E-state index in [-0.39, 0.29) is 0 Å². The van der Waals surface area contributed by atoms with Gasteiger partial charge in [-0.05, 0) is 18.6 Å². The predicted octanol–water partition coefficient (Wildman–Crippen LogP) is 3.46. The Morgan fingerprint density at radius 1 is 1.12 bits per heavy atom. The van der Waals surface area contributed by atoms with Gasteiger partial charge in [0.15, 0.2) is 11.5 Å². The lowest BCUT2D eigenvalue weighted by atomic mass is 10.2. The fourth-order valence-electron chi connectivity index (χ4n) is 1.60. The standard InChI is InChI=1S/C14H21O3/c1-4-5-6-7-11-17-14-12(15-2)9-8-10-13(14)16-3/h8-9H,4-7,11H2,1-3H3. The molecule has 17 heavy (non-hydrogen) atoms. The van der Waals surface area contributed by atoms with Crippen LogP contribution in [0.4, 0.5) is 0 Å². The first-order valence-corrected chi connectivity index (χ1v) is 6.09. The second-order valence-corrected chi connectivity index (χ2v) is 3.82. The van der Waals surface area contributed by atoms with Gasteiger partial charge < -0.3 is 14.2 Å². The van der Waals surface area contributed by atoms with Gasteiger partial charge in [-0.1, -0.05) is 26.2 Å². The quantitative estimate of drug-likeness (QED) is 0.648. The summed E-state index contributed by atoms with van der Waals surface area (Å²) in [5.41, 5.74) is 0. The highest BCUT2D eigenvalue weighted by Crippen LogP contribution is 2.36. The molecule has 0 saturated heterocycles. The Morgan fingerprint density at radius 3 is 2.59 bits per heavy atom. The first-order chi connectivity index (χ1) is 8.33. The van der Waals surface area contributed by atoms with Crippen LogP contribution >= 0.6 is 0 Å². The second kappa shape index (κ2) is 7.82. The van der Waals surface area contributed by atoms with Crippen molar-refractivity contribution in [1.82, 2.24) is 0 Å². The van der Waals surface area contributed by atoms with Gasteiger partial charge in [-0.15, -0.1) is 0 Å². The van der Waals surface area contributed by atoms with E-state index < -0.39 is 0 Å². The van der Waals surface area contributed by atoms with E-state index in [4.69, 9.17) is 14.2 Å². The molecule has 1 rings (SSSR count). The lowest BCUT2D eigenvalue weighted by molar-refractivity contribution is 0.267. The molecule has 0 atom stereocenters. The molecule has 95 valence electrons. The summed E-state index contributed by atoms with van der Waals surface area (Å²) in [6, 6.07) is 6.58. The Kier molecular flexibility index (Phi) is 6.30. The van der Waals surface area contributed by atoms with Crippen molar-refractivity contribution in [2.75, 3.05) is 20.8 Å². The number of hydrogen-bond acceptors (Lipinski definition) is 3. The molecule has 0 aromatic heterocycles. The van der Waals surface area contributed by atoms with Crippen LogP contribution < -0.4 is 14.2 Å². The largest absolute Gasteiger partial charge is 0.493 e. The Hall–Kier alpha value is -1.38. The van der Waals surface area contributed by atoms with E-state index in [1.807, 2.05) is 6.07 Å². The molecule has 0 N–H and O–H groups in total. The minimum Gasteiger partial charge on any atom is -0.493 e. The summed E-state index contributed by atoms with van der Waals surface area (Å²) in [6.07, 6.45) is 4.72. The van der Waals surface area contributed by atoms with Crippen molar-refractivity contribution in [3.05, 3.63) is 18.2 Å². The number of hydrogen-bond donors (Lipinski definition) is 0. The monoisotopic (exact) mass is 237 g/mol. The van der Waals surface area contributed by atoms with Crippen molar-refractivity contribution < 1.29 is 14.2 Å². The van der Waals surface area contributed by atoms with Crippen LogP contribution in [0.25, 0.3) is 0 Å². The molecule has 1 aromatic carbocycles. The number of unbranched alkanes of at least 4 members (excludes halogenated alkanes) is 3. The van der Waals surface area contributed by atoms with Crippen molar-refractivity contribution in [3.63, 3.8) is 0 Å². The van der Waals surface area contributed by atoms with Gasteiger partial charge in [0.2, 0.25) is 5.75 Å². The van der Waals surface area contributed by atoms with Gasteiger partial charge in [0.1, 0.15) is 0 Å². The van der Waals surface area contributed by atoms with Gasteiger partial charge in [0.25, 0.3) is 0 Å². The van der Waals surface area contributed by atoms with Gasteiger partial charge in [-0.25, -0.2) is 0 Å². The summed E-state index contributed by atoms with van der Waals surface area (Å²) in [4.78, 5) is 0. The third kappa shape index (κ3) is 4.17. The number of benzene rings is 1. The molecule has 0 unspecified atom stereocenters. The molecule has 0 aliphatic rings. The average Bonchev–Trinajstić information content (AvgIpc) is 2.38. The normalized spacial score (nSPS) is 10.1. The van der Waals surface area contributed by atoms with E-state index >= 15 is 0 Å². The van der Waals surface area contributed by atoms with Crippen LogP contribution in [-0.2, 0) is 0 Å². The molecule has 0 heterocycles. The van der Waals surface area contributed by atoms with Crippen molar-refractivity contribution in [2.24, 2.45) is 0 Å². The van der Waals surface area contributed by atoms with Crippen molar-refractivity contribution >= 4 is 0 Å². The SMILES string of the molecule is CCCCCCOc1c(OC)[c]ccc1OC. The maximum Gasteiger partial charge on any atom is 0.204 e. The fraction of sp³-hybridized carbons (Fsp3) is 0.571. The van der Waals surface area contributed by atoms with Crippen molar-refractivity contribution in [2.45, 2.75) is 32.6 Å². The summed E-state index contributed by atoms with van der Waals surface area (Å²) in [6.45, 7) is 2.88. The molecule has 0 fully saturated rings. The molecule has 1 aromatic rings. The maximum atomic E-state index is 5.72. The van der Waals surface area contributed by atoms with Crippen LogP contribution in [0.3, 0.4) is 0 Å². The highest BCUT2D eigenvalue weighted by molar-refractivity contribution is 5.50. The highest BCUT2D eigenvalue weighted by Gasteiger charge is 2.10. The van der Waals surface area contributed by atoms with E-state index in [1.54, 1.807) is 20.3 Å². The molecule has 0 aliphatic heterocycles. The van der Waals surface area contributed by atoms with Crippen LogP contribution in [0, 0.1) is 6.07 Å². The first-order valence-electron chi connectivity index (χ1n) is 6.09. The second-order valence-electron chi connectivity index (χ2n) is 3.82. The molecule has 0 amide bonds. The minimum absolute atomic E-state index is 0.597. The Labute approximate surface area is 104 Å². The Morgan fingerprint density at radius 2 is 1.94 bits per heavy atom. The molecule has 3 nitrogen and oxygen atoms in total. The van der Waals surface area contributed by atoms with Crippen LogP contribution in [0.2, 0.25) is 0 Å². The van der Waals surface area contributed by atoms with Crippen LogP contribution in [0.5, 0.6) is 17.2 Å². The van der Waals surface area contributed by atoms with Gasteiger partial charge in [-0.2, -0.15) is 0 Å². The molecule has 1 radical (unpaired) electrons. The van der Waals surface area contributed by atoms with E-state index in [2.05, 4.69) is 13.0 Å². The molecule has 0 bridgehead atoms. The van der Waals surface area contributed by atoms with Crippen molar-refractivity contribution in [3.8, 4) is 17.2 Å². The molecule has 0 spiro atoms. The smallest absolute Gasteiger partial charge is 0.204 e. The summed E-state index contributed by atoms with van der Waals surface area (Å²) in [5.74, 6) is 1.94. The molecule has 3 heteroatoms. The molecule has 0 saturated carbocycles. The Bertz CT molecular complexity index is 301. The summed E-state index contributed by atoms with van der Waals surface area (Å²) in [5, 5.41) is 0. The predicted molar refractivity (Wildman–Crippen MR) is 68.0 cm³/mol. The van der Waals surface area contributed by atoms with E-state index in [9.17, 15) is 0 Å². The first kappa shape index (κ1) is 13.7. The summed E-state index contributed by atoms with van der Waals surface area (Å²) >= 11 is 0. The number of methoxy groups -OCH3 is 2. The van der Waals surface area contributed by atoms with E-state index in [1.165, 1.54) is 19.3 Å². The maximum absolute atomic E-state index is 5.72. The lowest BCUT2D eigenvalue weighted by Crippen LogP contribution is -2.01. The lowest BCUT2D eigenvalue weighted by Gasteiger charge is -2.13. The highest BCUT2D eigenvalue weighted by atomic mass is 16.5.